The monoisotopic (exact) mass is 776 g/mol. The van der Waals surface area contributed by atoms with Crippen molar-refractivity contribution < 1.29 is 24.5 Å². The van der Waals surface area contributed by atoms with Crippen LogP contribution in [0.3, 0.4) is 0 Å². The van der Waals surface area contributed by atoms with Gasteiger partial charge in [0, 0.05) is 6.42 Å². The van der Waals surface area contributed by atoms with Crippen LogP contribution < -0.4 is 5.32 Å². The van der Waals surface area contributed by atoms with E-state index in [1.165, 1.54) is 148 Å². The van der Waals surface area contributed by atoms with Crippen molar-refractivity contribution in [3.63, 3.8) is 0 Å². The van der Waals surface area contributed by atoms with Gasteiger partial charge >= 0.3 is 5.97 Å². The van der Waals surface area contributed by atoms with E-state index in [1.807, 2.05) is 0 Å². The summed E-state index contributed by atoms with van der Waals surface area (Å²) in [5.41, 5.74) is 0. The molecule has 0 aliphatic heterocycles. The summed E-state index contributed by atoms with van der Waals surface area (Å²) < 4.78 is 5.87. The first-order chi connectivity index (χ1) is 27.0. The Bertz CT molecular complexity index is 873. The zero-order valence-corrected chi connectivity index (χ0v) is 36.8. The van der Waals surface area contributed by atoms with Gasteiger partial charge in [0.2, 0.25) is 5.91 Å². The number of aliphatic hydroxyl groups excluding tert-OH is 2. The Kier molecular flexibility index (Phi) is 42.2. The number of carbonyl (C=O) groups excluding carboxylic acids is 2. The van der Waals surface area contributed by atoms with Gasteiger partial charge in [-0.1, -0.05) is 218 Å². The number of ether oxygens (including phenoxy) is 1. The molecule has 0 fully saturated rings. The summed E-state index contributed by atoms with van der Waals surface area (Å²) in [7, 11) is 0. The molecule has 0 bridgehead atoms. The minimum atomic E-state index is -0.793. The summed E-state index contributed by atoms with van der Waals surface area (Å²) in [6.45, 7) is 6.45. The Hall–Kier alpha value is -1.66. The Morgan fingerprint density at radius 2 is 0.927 bits per heavy atom. The summed E-state index contributed by atoms with van der Waals surface area (Å²) in [5, 5.41) is 23.7. The molecule has 0 saturated carbocycles. The molecule has 3 atom stereocenters. The molecule has 0 aromatic rings. The van der Waals surface area contributed by atoms with Crippen LogP contribution in [0.15, 0.2) is 24.3 Å². The highest BCUT2D eigenvalue weighted by Crippen LogP contribution is 2.17. The lowest BCUT2D eigenvalue weighted by molar-refractivity contribution is -0.151. The van der Waals surface area contributed by atoms with Gasteiger partial charge in [-0.05, 0) is 44.9 Å². The number of allylic oxidation sites excluding steroid dienone is 4. The second kappa shape index (κ2) is 43.5. The van der Waals surface area contributed by atoms with Crippen molar-refractivity contribution in [1.29, 1.82) is 0 Å². The van der Waals surface area contributed by atoms with Crippen molar-refractivity contribution in [2.75, 3.05) is 6.61 Å². The summed E-state index contributed by atoms with van der Waals surface area (Å²) >= 11 is 0. The van der Waals surface area contributed by atoms with Crippen LogP contribution in [0.1, 0.15) is 252 Å². The van der Waals surface area contributed by atoms with E-state index in [2.05, 4.69) is 50.4 Å². The average molecular weight is 776 g/mol. The molecular weight excluding hydrogens is 683 g/mol. The first kappa shape index (κ1) is 53.3. The summed E-state index contributed by atoms with van der Waals surface area (Å²) in [4.78, 5) is 25.9. The maximum absolute atomic E-state index is 13.1. The highest BCUT2D eigenvalue weighted by molar-refractivity contribution is 5.77. The number of hydrogen-bond acceptors (Lipinski definition) is 5. The van der Waals surface area contributed by atoms with Crippen molar-refractivity contribution >= 4 is 11.9 Å². The quantitative estimate of drug-likeness (QED) is 0.0326. The summed E-state index contributed by atoms with van der Waals surface area (Å²) in [5.74, 6) is -0.515. The van der Waals surface area contributed by atoms with Crippen LogP contribution in [0, 0.1) is 0 Å². The van der Waals surface area contributed by atoms with E-state index in [4.69, 9.17) is 4.74 Å². The zero-order chi connectivity index (χ0) is 40.3. The normalized spacial score (nSPS) is 13.5. The van der Waals surface area contributed by atoms with Crippen molar-refractivity contribution in [1.82, 2.24) is 5.32 Å². The molecule has 0 spiro atoms. The number of unbranched alkanes of at least 4 members (excludes halogenated alkanes) is 28. The summed E-state index contributed by atoms with van der Waals surface area (Å²) in [6.07, 6.45) is 48.1. The molecular formula is C49H93NO5. The topological polar surface area (TPSA) is 95.9 Å². The van der Waals surface area contributed by atoms with Gasteiger partial charge in [-0.15, -0.1) is 0 Å². The molecule has 1 amide bonds. The molecule has 0 heterocycles. The van der Waals surface area contributed by atoms with Crippen molar-refractivity contribution in [3.8, 4) is 0 Å². The van der Waals surface area contributed by atoms with E-state index in [9.17, 15) is 19.8 Å². The van der Waals surface area contributed by atoms with E-state index >= 15 is 0 Å². The van der Waals surface area contributed by atoms with Gasteiger partial charge in [0.25, 0.3) is 0 Å². The molecule has 0 saturated heterocycles. The fraction of sp³-hybridized carbons (Fsp3) is 0.878. The SMILES string of the molecule is CCCCCCCCC/C=C/C=C/CCCC(CC(=O)NC(CO)C(O)CCCCCCCCCCCCCCC)OC(=O)CCCCCCCCCCC. The number of amides is 1. The predicted octanol–water partition coefficient (Wildman–Crippen LogP) is 14.0. The molecule has 6 nitrogen and oxygen atoms in total. The molecule has 0 aliphatic rings. The van der Waals surface area contributed by atoms with Crippen LogP contribution in [-0.2, 0) is 14.3 Å². The van der Waals surface area contributed by atoms with Crippen LogP contribution in [0.25, 0.3) is 0 Å². The third-order valence-electron chi connectivity index (χ3n) is 11.1. The van der Waals surface area contributed by atoms with Gasteiger partial charge in [0.15, 0.2) is 0 Å². The molecule has 0 rings (SSSR count). The van der Waals surface area contributed by atoms with E-state index in [-0.39, 0.29) is 24.9 Å². The average Bonchev–Trinajstić information content (AvgIpc) is 3.18. The number of nitrogens with one attached hydrogen (secondary N) is 1. The van der Waals surface area contributed by atoms with Gasteiger partial charge in [0.1, 0.15) is 6.10 Å². The van der Waals surface area contributed by atoms with E-state index in [0.717, 1.165) is 57.8 Å². The first-order valence-corrected chi connectivity index (χ1v) is 24.1. The predicted molar refractivity (Wildman–Crippen MR) is 236 cm³/mol. The number of esters is 1. The lowest BCUT2D eigenvalue weighted by Crippen LogP contribution is -2.46. The molecule has 324 valence electrons. The van der Waals surface area contributed by atoms with Gasteiger partial charge in [-0.3, -0.25) is 9.59 Å². The van der Waals surface area contributed by atoms with Crippen molar-refractivity contribution in [3.05, 3.63) is 24.3 Å². The highest BCUT2D eigenvalue weighted by atomic mass is 16.5. The minimum Gasteiger partial charge on any atom is -0.462 e. The van der Waals surface area contributed by atoms with E-state index < -0.39 is 18.2 Å². The maximum atomic E-state index is 13.1. The maximum Gasteiger partial charge on any atom is 0.306 e. The number of carbonyl (C=O) groups is 2. The van der Waals surface area contributed by atoms with Crippen molar-refractivity contribution in [2.24, 2.45) is 0 Å². The molecule has 0 aliphatic carbocycles. The molecule has 3 unspecified atom stereocenters. The number of rotatable bonds is 43. The Morgan fingerprint density at radius 1 is 0.527 bits per heavy atom. The van der Waals surface area contributed by atoms with Crippen LogP contribution in [-0.4, -0.2) is 46.9 Å². The Labute approximate surface area is 341 Å². The Morgan fingerprint density at radius 3 is 1.38 bits per heavy atom. The second-order valence-electron chi connectivity index (χ2n) is 16.5. The van der Waals surface area contributed by atoms with E-state index in [1.54, 1.807) is 0 Å². The zero-order valence-electron chi connectivity index (χ0n) is 36.8. The fourth-order valence-electron chi connectivity index (χ4n) is 7.37. The number of aliphatic hydroxyl groups is 2. The van der Waals surface area contributed by atoms with Gasteiger partial charge in [0.05, 0.1) is 25.2 Å². The molecule has 0 radical (unpaired) electrons. The smallest absolute Gasteiger partial charge is 0.306 e. The lowest BCUT2D eigenvalue weighted by atomic mass is 10.0. The van der Waals surface area contributed by atoms with Crippen LogP contribution >= 0.6 is 0 Å². The third kappa shape index (κ3) is 39.0. The number of hydrogen-bond donors (Lipinski definition) is 3. The van der Waals surface area contributed by atoms with Crippen LogP contribution in [0.4, 0.5) is 0 Å². The fourth-order valence-corrected chi connectivity index (χ4v) is 7.37. The lowest BCUT2D eigenvalue weighted by Gasteiger charge is -2.24. The molecule has 6 heteroatoms. The molecule has 0 aromatic carbocycles. The highest BCUT2D eigenvalue weighted by Gasteiger charge is 2.24. The van der Waals surface area contributed by atoms with E-state index in [0.29, 0.717) is 19.3 Å². The second-order valence-corrected chi connectivity index (χ2v) is 16.5. The largest absolute Gasteiger partial charge is 0.462 e. The summed E-state index contributed by atoms with van der Waals surface area (Å²) in [6, 6.07) is -0.709. The molecule has 0 aromatic heterocycles. The molecule has 3 N–H and O–H groups in total. The van der Waals surface area contributed by atoms with Gasteiger partial charge < -0.3 is 20.3 Å². The third-order valence-corrected chi connectivity index (χ3v) is 11.1. The first-order valence-electron chi connectivity index (χ1n) is 24.1. The Balaban J connectivity index is 4.61. The van der Waals surface area contributed by atoms with Gasteiger partial charge in [-0.2, -0.15) is 0 Å². The van der Waals surface area contributed by atoms with Crippen LogP contribution in [0.2, 0.25) is 0 Å². The van der Waals surface area contributed by atoms with Crippen molar-refractivity contribution in [2.45, 2.75) is 270 Å². The minimum absolute atomic E-state index is 0.0491. The van der Waals surface area contributed by atoms with Gasteiger partial charge in [-0.25, -0.2) is 0 Å². The standard InChI is InChI=1S/C49H93NO5/c1-4-7-10-13-16-19-21-23-25-26-29-31-34-37-40-45(55-49(54)42-39-36-33-28-18-15-12-9-6-3)43-48(53)50-46(44-51)47(52)41-38-35-32-30-27-24-22-20-17-14-11-8-5-2/h25-26,29,31,45-47,51-52H,4-24,27-28,30,32-44H2,1-3H3,(H,50,53)/b26-25+,31-29+. The molecule has 55 heavy (non-hydrogen) atoms. The van der Waals surface area contributed by atoms with Crippen LogP contribution in [0.5, 0.6) is 0 Å².